The molecule has 1 fully saturated rings. The van der Waals surface area contributed by atoms with Crippen LogP contribution in [0.3, 0.4) is 0 Å². The molecule has 0 bridgehead atoms. The smallest absolute Gasteiger partial charge is 0.258 e. The number of amides is 1. The number of nitrogens with zero attached hydrogens (tertiary/aromatic N) is 3. The standard InChI is InChI=1S/C25H24N6OS2/c1-14-5-3-6-16(30-14)11-27-18-7-4-8-19(20(18)21(26)15-9-10-15)31-24(32)17-12-34-23-22(17)28-13-29-25(23)33-2/h3-8,12-13,15,26-27H,9-11H2,1-2H3,(H,31,32). The first-order valence-electron chi connectivity index (χ1n) is 11.0. The highest BCUT2D eigenvalue weighted by molar-refractivity contribution is 7.98. The van der Waals surface area contributed by atoms with Crippen molar-refractivity contribution in [2.45, 2.75) is 31.3 Å². The maximum Gasteiger partial charge on any atom is 0.258 e. The van der Waals surface area contributed by atoms with E-state index in [9.17, 15) is 4.79 Å². The molecular formula is C25H24N6OS2. The summed E-state index contributed by atoms with van der Waals surface area (Å²) in [5.74, 6) is -0.00564. The van der Waals surface area contributed by atoms with Crippen molar-refractivity contribution in [3.63, 3.8) is 0 Å². The Morgan fingerprint density at radius 1 is 1.18 bits per heavy atom. The number of fused-ring (bicyclic) bond motifs is 1. The highest BCUT2D eigenvalue weighted by Gasteiger charge is 2.30. The molecule has 1 amide bonds. The Hall–Kier alpha value is -3.30. The van der Waals surface area contributed by atoms with Crippen molar-refractivity contribution in [3.8, 4) is 0 Å². The zero-order valence-corrected chi connectivity index (χ0v) is 20.5. The maximum atomic E-state index is 13.3. The largest absolute Gasteiger partial charge is 0.379 e. The van der Waals surface area contributed by atoms with E-state index in [-0.39, 0.29) is 11.8 Å². The van der Waals surface area contributed by atoms with E-state index in [1.807, 2.05) is 55.0 Å². The maximum absolute atomic E-state index is 13.3. The van der Waals surface area contributed by atoms with Crippen LogP contribution in [0.2, 0.25) is 0 Å². The highest BCUT2D eigenvalue weighted by atomic mass is 32.2. The van der Waals surface area contributed by atoms with E-state index >= 15 is 0 Å². The van der Waals surface area contributed by atoms with Gasteiger partial charge in [-0.3, -0.25) is 9.78 Å². The third kappa shape index (κ3) is 4.53. The van der Waals surface area contributed by atoms with E-state index in [4.69, 9.17) is 5.41 Å². The van der Waals surface area contributed by atoms with Crippen LogP contribution in [0.4, 0.5) is 11.4 Å². The molecule has 1 aliphatic carbocycles. The summed E-state index contributed by atoms with van der Waals surface area (Å²) >= 11 is 3.01. The number of carbonyl (C=O) groups excluding carboxylic acids is 1. The fourth-order valence-electron chi connectivity index (χ4n) is 3.88. The van der Waals surface area contributed by atoms with Gasteiger partial charge in [-0.15, -0.1) is 23.1 Å². The van der Waals surface area contributed by atoms with Crippen LogP contribution in [0.15, 0.2) is 53.1 Å². The molecule has 0 spiro atoms. The summed E-state index contributed by atoms with van der Waals surface area (Å²) in [4.78, 5) is 26.5. The van der Waals surface area contributed by atoms with Crippen LogP contribution in [0, 0.1) is 18.3 Å². The second kappa shape index (κ2) is 9.52. The number of thioether (sulfide) groups is 1. The number of nitrogens with one attached hydrogen (secondary N) is 3. The molecule has 3 aromatic heterocycles. The van der Waals surface area contributed by atoms with Gasteiger partial charge in [0.15, 0.2) is 0 Å². The minimum absolute atomic E-state index is 0.231. The topological polar surface area (TPSA) is 104 Å². The first-order valence-corrected chi connectivity index (χ1v) is 13.1. The molecule has 0 radical (unpaired) electrons. The minimum Gasteiger partial charge on any atom is -0.379 e. The lowest BCUT2D eigenvalue weighted by atomic mass is 10.0. The van der Waals surface area contributed by atoms with Crippen LogP contribution in [-0.2, 0) is 6.54 Å². The van der Waals surface area contributed by atoms with Gasteiger partial charge in [0.1, 0.15) is 11.4 Å². The van der Waals surface area contributed by atoms with Gasteiger partial charge in [-0.1, -0.05) is 12.1 Å². The first kappa shape index (κ1) is 22.5. The van der Waals surface area contributed by atoms with Gasteiger partial charge in [-0.05, 0) is 50.3 Å². The van der Waals surface area contributed by atoms with Gasteiger partial charge in [0.05, 0.1) is 33.7 Å². The Kier molecular flexibility index (Phi) is 6.30. The van der Waals surface area contributed by atoms with Gasteiger partial charge in [0, 0.05) is 34.0 Å². The van der Waals surface area contributed by atoms with Gasteiger partial charge < -0.3 is 16.0 Å². The zero-order valence-electron chi connectivity index (χ0n) is 18.9. The molecule has 1 saturated carbocycles. The van der Waals surface area contributed by atoms with Gasteiger partial charge in [-0.2, -0.15) is 0 Å². The SMILES string of the molecule is CSc1ncnc2c(C(=O)Nc3cccc(NCc4cccc(C)n4)c3C(=N)C3CC3)csc12. The summed E-state index contributed by atoms with van der Waals surface area (Å²) in [7, 11) is 0. The van der Waals surface area contributed by atoms with Crippen LogP contribution < -0.4 is 10.6 Å². The number of hydrogen-bond donors (Lipinski definition) is 3. The van der Waals surface area contributed by atoms with Crippen molar-refractivity contribution < 1.29 is 4.79 Å². The van der Waals surface area contributed by atoms with Crippen LogP contribution >= 0.6 is 23.1 Å². The summed E-state index contributed by atoms with van der Waals surface area (Å²) < 4.78 is 0.909. The molecule has 0 unspecified atom stereocenters. The lowest BCUT2D eigenvalue weighted by molar-refractivity contribution is 0.102. The number of aryl methyl sites for hydroxylation is 1. The Morgan fingerprint density at radius 3 is 2.74 bits per heavy atom. The normalized spacial score (nSPS) is 13.1. The van der Waals surface area contributed by atoms with Crippen molar-refractivity contribution in [1.82, 2.24) is 15.0 Å². The Morgan fingerprint density at radius 2 is 1.97 bits per heavy atom. The predicted octanol–water partition coefficient (Wildman–Crippen LogP) is 5.76. The minimum atomic E-state index is -0.237. The van der Waals surface area contributed by atoms with Crippen LogP contribution in [-0.4, -0.2) is 32.8 Å². The number of carbonyl (C=O) groups is 1. The Labute approximate surface area is 206 Å². The molecule has 1 aromatic carbocycles. The fourth-order valence-corrected chi connectivity index (χ4v) is 5.59. The molecule has 3 N–H and O–H groups in total. The molecule has 9 heteroatoms. The quantitative estimate of drug-likeness (QED) is 0.166. The van der Waals surface area contributed by atoms with E-state index in [1.165, 1.54) is 29.4 Å². The van der Waals surface area contributed by atoms with E-state index < -0.39 is 0 Å². The third-order valence-electron chi connectivity index (χ3n) is 5.73. The van der Waals surface area contributed by atoms with E-state index in [0.717, 1.165) is 45.2 Å². The van der Waals surface area contributed by atoms with E-state index in [1.54, 1.807) is 0 Å². The Bertz CT molecular complexity index is 1400. The van der Waals surface area contributed by atoms with Gasteiger partial charge in [-0.25, -0.2) is 9.97 Å². The number of benzene rings is 1. The molecule has 172 valence electrons. The van der Waals surface area contributed by atoms with Gasteiger partial charge >= 0.3 is 0 Å². The highest BCUT2D eigenvalue weighted by Crippen LogP contribution is 2.38. The first-order chi connectivity index (χ1) is 16.5. The predicted molar refractivity (Wildman–Crippen MR) is 139 cm³/mol. The second-order valence-corrected chi connectivity index (χ2v) is 9.88. The van der Waals surface area contributed by atoms with Crippen molar-refractivity contribution in [2.24, 2.45) is 5.92 Å². The molecule has 0 atom stereocenters. The van der Waals surface area contributed by atoms with Crippen LogP contribution in [0.5, 0.6) is 0 Å². The van der Waals surface area contributed by atoms with E-state index in [0.29, 0.717) is 29.0 Å². The lowest BCUT2D eigenvalue weighted by Crippen LogP contribution is -2.17. The van der Waals surface area contributed by atoms with Crippen molar-refractivity contribution >= 4 is 56.3 Å². The number of aromatic nitrogens is 3. The molecule has 3 heterocycles. The molecular weight excluding hydrogens is 464 g/mol. The molecule has 4 aromatic rings. The lowest BCUT2D eigenvalue weighted by Gasteiger charge is -2.18. The molecule has 7 nitrogen and oxygen atoms in total. The summed E-state index contributed by atoms with van der Waals surface area (Å²) in [6, 6.07) is 11.6. The second-order valence-electron chi connectivity index (χ2n) is 8.20. The number of thiophene rings is 1. The summed E-state index contributed by atoms with van der Waals surface area (Å²) in [6.07, 6.45) is 5.46. The monoisotopic (exact) mass is 488 g/mol. The number of pyridine rings is 1. The molecule has 34 heavy (non-hydrogen) atoms. The molecule has 5 rings (SSSR count). The third-order valence-corrected chi connectivity index (χ3v) is 7.53. The molecule has 1 aliphatic rings. The number of rotatable bonds is 8. The van der Waals surface area contributed by atoms with Gasteiger partial charge in [0.2, 0.25) is 0 Å². The number of hydrogen-bond acceptors (Lipinski definition) is 8. The Balaban J connectivity index is 1.46. The van der Waals surface area contributed by atoms with Crippen LogP contribution in [0.1, 0.15) is 40.2 Å². The average molecular weight is 489 g/mol. The van der Waals surface area contributed by atoms with Crippen molar-refractivity contribution in [3.05, 3.63) is 70.6 Å². The van der Waals surface area contributed by atoms with E-state index in [2.05, 4.69) is 25.6 Å². The molecule has 0 aliphatic heterocycles. The van der Waals surface area contributed by atoms with Crippen LogP contribution in [0.25, 0.3) is 10.2 Å². The molecule has 0 saturated heterocycles. The fraction of sp³-hybridized carbons (Fsp3) is 0.240. The summed E-state index contributed by atoms with van der Waals surface area (Å²) in [5, 5.41) is 18.0. The number of anilines is 2. The van der Waals surface area contributed by atoms with Crippen molar-refractivity contribution in [2.75, 3.05) is 16.9 Å². The van der Waals surface area contributed by atoms with Crippen molar-refractivity contribution in [1.29, 1.82) is 5.41 Å². The summed E-state index contributed by atoms with van der Waals surface area (Å²) in [6.45, 7) is 2.50. The zero-order chi connectivity index (χ0) is 23.7. The average Bonchev–Trinajstić information content (AvgIpc) is 3.60. The van der Waals surface area contributed by atoms with Gasteiger partial charge in [0.25, 0.3) is 5.91 Å². The summed E-state index contributed by atoms with van der Waals surface area (Å²) in [5.41, 5.74) is 5.80.